The summed E-state index contributed by atoms with van der Waals surface area (Å²) in [6, 6.07) is 8.79. The van der Waals surface area contributed by atoms with E-state index in [1.807, 2.05) is 0 Å². The van der Waals surface area contributed by atoms with E-state index in [0.717, 1.165) is 18.2 Å². The van der Waals surface area contributed by atoms with Crippen molar-refractivity contribution in [3.63, 3.8) is 0 Å². The summed E-state index contributed by atoms with van der Waals surface area (Å²) in [5.74, 6) is -2.51. The summed E-state index contributed by atoms with van der Waals surface area (Å²) < 4.78 is 68.8. The Balaban J connectivity index is 2.13. The molecule has 0 aliphatic heterocycles. The number of aromatic amines is 1. The van der Waals surface area contributed by atoms with E-state index in [1.165, 1.54) is 12.3 Å². The second-order valence-corrected chi connectivity index (χ2v) is 6.76. The van der Waals surface area contributed by atoms with Crippen molar-refractivity contribution in [2.45, 2.75) is 6.18 Å². The van der Waals surface area contributed by atoms with Crippen LogP contribution in [0.2, 0.25) is 0 Å². The lowest BCUT2D eigenvalue weighted by Crippen LogP contribution is -2.17. The number of alkyl halides is 3. The molecule has 0 bridgehead atoms. The van der Waals surface area contributed by atoms with Crippen LogP contribution in [0.1, 0.15) is 11.1 Å². The van der Waals surface area contributed by atoms with Crippen molar-refractivity contribution in [1.82, 2.24) is 10.2 Å². The Morgan fingerprint density at radius 2 is 1.68 bits per heavy atom. The fourth-order valence-corrected chi connectivity index (χ4v) is 3.41. The van der Waals surface area contributed by atoms with Crippen LogP contribution in [0.5, 0.6) is 0 Å². The van der Waals surface area contributed by atoms with Gasteiger partial charge in [-0.1, -0.05) is 11.2 Å². The van der Waals surface area contributed by atoms with Gasteiger partial charge in [-0.05, 0) is 53.1 Å². The van der Waals surface area contributed by atoms with E-state index < -0.39 is 29.2 Å². The zero-order valence-corrected chi connectivity index (χ0v) is 15.5. The van der Waals surface area contributed by atoms with Gasteiger partial charge in [0.25, 0.3) is 0 Å². The maximum absolute atomic E-state index is 14.0. The molecule has 0 saturated heterocycles. The van der Waals surface area contributed by atoms with E-state index in [-0.39, 0.29) is 22.3 Å². The minimum absolute atomic E-state index is 0.00970. The van der Waals surface area contributed by atoms with E-state index in [2.05, 4.69) is 15.4 Å². The van der Waals surface area contributed by atoms with Crippen molar-refractivity contribution >= 4 is 16.7 Å². The number of aromatic nitrogens is 2. The normalized spacial score (nSPS) is 12.5. The van der Waals surface area contributed by atoms with Crippen molar-refractivity contribution in [2.75, 3.05) is 0 Å². The maximum atomic E-state index is 14.0. The number of H-pyrrole nitrogens is 1. The van der Waals surface area contributed by atoms with E-state index in [0.29, 0.717) is 28.6 Å². The number of fused-ring (bicyclic) bond motifs is 1. The largest absolute Gasteiger partial charge is 0.416 e. The zero-order valence-electron chi connectivity index (χ0n) is 15.5. The van der Waals surface area contributed by atoms with Crippen LogP contribution in [-0.4, -0.2) is 21.2 Å². The number of oxime groups is 1. The Kier molecular flexibility index (Phi) is 4.84. The highest BCUT2D eigenvalue weighted by atomic mass is 19.4. The number of benzene rings is 3. The number of amidine groups is 1. The van der Waals surface area contributed by atoms with E-state index >= 15 is 0 Å². The van der Waals surface area contributed by atoms with Gasteiger partial charge in [0.2, 0.25) is 0 Å². The fraction of sp³-hybridized carbons (Fsp3) is 0.0476. The predicted octanol–water partition coefficient (Wildman–Crippen LogP) is 5.29. The van der Waals surface area contributed by atoms with Crippen LogP contribution in [0, 0.1) is 11.6 Å². The van der Waals surface area contributed by atoms with Crippen molar-refractivity contribution in [1.29, 1.82) is 0 Å². The Morgan fingerprint density at radius 1 is 0.968 bits per heavy atom. The molecule has 1 aromatic heterocycles. The molecule has 1 heterocycles. The Labute approximate surface area is 171 Å². The van der Waals surface area contributed by atoms with Crippen molar-refractivity contribution < 1.29 is 27.2 Å². The first-order chi connectivity index (χ1) is 14.7. The van der Waals surface area contributed by atoms with Gasteiger partial charge in [-0.3, -0.25) is 5.10 Å². The Bertz CT molecular complexity index is 1310. The minimum Gasteiger partial charge on any atom is -0.409 e. The molecule has 0 saturated carbocycles. The Hall–Kier alpha value is -3.95. The number of nitrogens with one attached hydrogen (secondary N) is 1. The summed E-state index contributed by atoms with van der Waals surface area (Å²) in [6.07, 6.45) is -3.27. The number of hydrogen-bond acceptors (Lipinski definition) is 3. The first-order valence-electron chi connectivity index (χ1n) is 8.80. The van der Waals surface area contributed by atoms with Gasteiger partial charge in [-0.25, -0.2) is 8.78 Å². The molecule has 0 atom stereocenters. The second kappa shape index (κ2) is 7.38. The topological polar surface area (TPSA) is 87.3 Å². The van der Waals surface area contributed by atoms with Crippen LogP contribution in [-0.2, 0) is 6.18 Å². The van der Waals surface area contributed by atoms with Crippen molar-refractivity contribution in [3.05, 3.63) is 77.5 Å². The number of nitrogens with two attached hydrogens (primary N) is 1. The summed E-state index contributed by atoms with van der Waals surface area (Å²) >= 11 is 0. The van der Waals surface area contributed by atoms with Crippen LogP contribution in [0.25, 0.3) is 33.2 Å². The summed E-state index contributed by atoms with van der Waals surface area (Å²) in [5, 5.41) is 19.2. The molecule has 0 radical (unpaired) electrons. The van der Waals surface area contributed by atoms with Crippen molar-refractivity contribution in [3.8, 4) is 22.3 Å². The van der Waals surface area contributed by atoms with Crippen molar-refractivity contribution in [2.24, 2.45) is 10.9 Å². The average molecular weight is 432 g/mol. The van der Waals surface area contributed by atoms with Crippen LogP contribution < -0.4 is 5.73 Å². The Morgan fingerprint density at radius 3 is 2.32 bits per heavy atom. The van der Waals surface area contributed by atoms with Crippen LogP contribution in [0.4, 0.5) is 22.0 Å². The smallest absolute Gasteiger partial charge is 0.409 e. The highest BCUT2D eigenvalue weighted by molar-refractivity contribution is 6.07. The van der Waals surface area contributed by atoms with Gasteiger partial charge in [-0.15, -0.1) is 0 Å². The third kappa shape index (κ3) is 3.79. The van der Waals surface area contributed by atoms with Gasteiger partial charge >= 0.3 is 6.18 Å². The maximum Gasteiger partial charge on any atom is 0.416 e. The molecule has 4 rings (SSSR count). The molecular formula is C21H13F5N4O. The molecule has 0 aliphatic carbocycles. The molecule has 31 heavy (non-hydrogen) atoms. The SMILES string of the molecule is N/C(=N\O)c1cc(C(F)(F)F)cc(-c2ccc3[nH]ncc3c2)c1-c1cc(F)cc(F)c1. The highest BCUT2D eigenvalue weighted by Crippen LogP contribution is 2.41. The standard InChI is InChI=1S/C21H13F5N4O/c22-14-4-11(5-15(23)8-14)19-16(10-1-2-18-12(3-10)9-28-29-18)6-13(21(24,25)26)7-17(19)20(27)30-31/h1-9,31H,(H2,27,30)(H,28,29). The minimum atomic E-state index is -4.76. The summed E-state index contributed by atoms with van der Waals surface area (Å²) in [4.78, 5) is 0. The van der Waals surface area contributed by atoms with Crippen LogP contribution >= 0.6 is 0 Å². The molecule has 3 aromatic carbocycles. The van der Waals surface area contributed by atoms with Gasteiger partial charge < -0.3 is 10.9 Å². The summed E-state index contributed by atoms with van der Waals surface area (Å²) in [7, 11) is 0. The third-order valence-electron chi connectivity index (χ3n) is 4.75. The molecule has 0 spiro atoms. The van der Waals surface area contributed by atoms with Gasteiger partial charge in [0.1, 0.15) is 11.6 Å². The quantitative estimate of drug-likeness (QED) is 0.135. The summed E-state index contributed by atoms with van der Waals surface area (Å²) in [6.45, 7) is 0. The molecule has 4 N–H and O–H groups in total. The molecule has 0 fully saturated rings. The van der Waals surface area contributed by atoms with Gasteiger partial charge in [0.15, 0.2) is 5.84 Å². The lowest BCUT2D eigenvalue weighted by Gasteiger charge is -2.19. The molecule has 0 unspecified atom stereocenters. The molecule has 4 aromatic rings. The van der Waals surface area contributed by atoms with E-state index in [4.69, 9.17) is 10.9 Å². The lowest BCUT2D eigenvalue weighted by atomic mass is 9.87. The third-order valence-corrected chi connectivity index (χ3v) is 4.75. The van der Waals surface area contributed by atoms with Gasteiger partial charge in [0, 0.05) is 22.6 Å². The second-order valence-electron chi connectivity index (χ2n) is 6.76. The monoisotopic (exact) mass is 432 g/mol. The molecule has 10 heteroatoms. The van der Waals surface area contributed by atoms with Gasteiger partial charge in [-0.2, -0.15) is 18.3 Å². The lowest BCUT2D eigenvalue weighted by molar-refractivity contribution is -0.137. The molecule has 0 amide bonds. The molecule has 0 aliphatic rings. The first kappa shape index (κ1) is 20.3. The fourth-order valence-electron chi connectivity index (χ4n) is 3.41. The number of rotatable bonds is 3. The highest BCUT2D eigenvalue weighted by Gasteiger charge is 2.33. The first-order valence-corrected chi connectivity index (χ1v) is 8.80. The van der Waals surface area contributed by atoms with E-state index in [9.17, 15) is 22.0 Å². The number of hydrogen-bond donors (Lipinski definition) is 3. The number of halogens is 5. The molecular weight excluding hydrogens is 419 g/mol. The summed E-state index contributed by atoms with van der Waals surface area (Å²) in [5.41, 5.74) is 5.12. The predicted molar refractivity (Wildman–Crippen MR) is 104 cm³/mol. The van der Waals surface area contributed by atoms with Gasteiger partial charge in [0.05, 0.1) is 17.3 Å². The molecule has 158 valence electrons. The molecule has 5 nitrogen and oxygen atoms in total. The zero-order chi connectivity index (χ0) is 22.3. The van der Waals surface area contributed by atoms with E-state index in [1.54, 1.807) is 12.1 Å². The number of nitrogens with zero attached hydrogens (tertiary/aromatic N) is 2. The van der Waals surface area contributed by atoms with Crippen LogP contribution in [0.3, 0.4) is 0 Å². The van der Waals surface area contributed by atoms with Crippen LogP contribution in [0.15, 0.2) is 59.9 Å². The average Bonchev–Trinajstić information content (AvgIpc) is 3.18.